The van der Waals surface area contributed by atoms with Gasteiger partial charge < -0.3 is 20.1 Å². The number of hydrogen-bond acceptors (Lipinski definition) is 4. The molecule has 0 aromatic heterocycles. The summed E-state index contributed by atoms with van der Waals surface area (Å²) in [5.41, 5.74) is 0.738. The van der Waals surface area contributed by atoms with Crippen LogP contribution >= 0.6 is 0 Å². The predicted octanol–water partition coefficient (Wildman–Crippen LogP) is 4.51. The van der Waals surface area contributed by atoms with E-state index in [4.69, 9.17) is 9.47 Å². The Labute approximate surface area is 166 Å². The number of carbonyl (C=O) groups is 2. The minimum atomic E-state index is -0.0207. The van der Waals surface area contributed by atoms with Crippen molar-refractivity contribution in [3.05, 3.63) is 48.5 Å². The second kappa shape index (κ2) is 11.6. The van der Waals surface area contributed by atoms with Crippen molar-refractivity contribution < 1.29 is 19.1 Å². The largest absolute Gasteiger partial charge is 0.494 e. The van der Waals surface area contributed by atoms with Gasteiger partial charge in [-0.1, -0.05) is 6.42 Å². The van der Waals surface area contributed by atoms with Gasteiger partial charge in [0.05, 0.1) is 6.61 Å². The zero-order valence-electron chi connectivity index (χ0n) is 16.5. The molecule has 0 saturated heterocycles. The molecular weight excluding hydrogens is 356 g/mol. The van der Waals surface area contributed by atoms with E-state index in [9.17, 15) is 9.59 Å². The maximum Gasteiger partial charge on any atom is 0.224 e. The fourth-order valence-corrected chi connectivity index (χ4v) is 2.59. The van der Waals surface area contributed by atoms with E-state index in [-0.39, 0.29) is 11.8 Å². The highest BCUT2D eigenvalue weighted by Gasteiger charge is 2.04. The summed E-state index contributed by atoms with van der Waals surface area (Å²) < 4.78 is 11.2. The standard InChI is InChI=1S/C22H28N2O4/c1-3-27-19-12-14-21(15-13-19)28-20-10-8-18(9-11-20)24-22(26)7-5-4-6-16-23-17(2)25/h8-15H,3-7,16H2,1-2H3,(H,23,25)(H,24,26). The molecule has 0 atom stereocenters. The molecule has 28 heavy (non-hydrogen) atoms. The van der Waals surface area contributed by atoms with E-state index in [1.807, 2.05) is 55.5 Å². The molecule has 6 heteroatoms. The Kier molecular flexibility index (Phi) is 8.85. The first-order chi connectivity index (χ1) is 13.6. The highest BCUT2D eigenvalue weighted by molar-refractivity contribution is 5.90. The summed E-state index contributed by atoms with van der Waals surface area (Å²) in [6.45, 7) is 4.73. The van der Waals surface area contributed by atoms with Crippen molar-refractivity contribution in [1.82, 2.24) is 5.32 Å². The van der Waals surface area contributed by atoms with Crippen LogP contribution < -0.4 is 20.1 Å². The molecule has 0 unspecified atom stereocenters. The number of nitrogens with one attached hydrogen (secondary N) is 2. The first-order valence-electron chi connectivity index (χ1n) is 9.62. The maximum absolute atomic E-state index is 12.0. The van der Waals surface area contributed by atoms with Crippen molar-refractivity contribution in [2.45, 2.75) is 39.5 Å². The quantitative estimate of drug-likeness (QED) is 0.559. The molecule has 2 aromatic rings. The van der Waals surface area contributed by atoms with E-state index in [1.165, 1.54) is 6.92 Å². The van der Waals surface area contributed by atoms with E-state index in [1.54, 1.807) is 0 Å². The highest BCUT2D eigenvalue weighted by atomic mass is 16.5. The summed E-state index contributed by atoms with van der Waals surface area (Å²) in [4.78, 5) is 22.8. The lowest BCUT2D eigenvalue weighted by Gasteiger charge is -2.09. The van der Waals surface area contributed by atoms with Gasteiger partial charge in [-0.25, -0.2) is 0 Å². The first-order valence-corrected chi connectivity index (χ1v) is 9.62. The number of amides is 2. The smallest absolute Gasteiger partial charge is 0.224 e. The lowest BCUT2D eigenvalue weighted by atomic mass is 10.2. The van der Waals surface area contributed by atoms with Crippen LogP contribution in [0.25, 0.3) is 0 Å². The molecule has 2 N–H and O–H groups in total. The molecular formula is C22H28N2O4. The minimum Gasteiger partial charge on any atom is -0.494 e. The van der Waals surface area contributed by atoms with Gasteiger partial charge in [0.25, 0.3) is 0 Å². The third-order valence-electron chi connectivity index (χ3n) is 3.96. The van der Waals surface area contributed by atoms with Gasteiger partial charge in [-0.3, -0.25) is 9.59 Å². The van der Waals surface area contributed by atoms with Gasteiger partial charge in [0.1, 0.15) is 17.2 Å². The number of carbonyl (C=O) groups excluding carboxylic acids is 2. The average Bonchev–Trinajstić information content (AvgIpc) is 2.68. The molecule has 0 bridgehead atoms. The highest BCUT2D eigenvalue weighted by Crippen LogP contribution is 2.25. The molecule has 0 spiro atoms. The van der Waals surface area contributed by atoms with Crippen LogP contribution in [0.15, 0.2) is 48.5 Å². The Morgan fingerprint density at radius 3 is 2.07 bits per heavy atom. The van der Waals surface area contributed by atoms with E-state index in [0.717, 1.165) is 36.4 Å². The molecule has 0 saturated carbocycles. The summed E-state index contributed by atoms with van der Waals surface area (Å²) in [7, 11) is 0. The second-order valence-corrected chi connectivity index (χ2v) is 6.37. The van der Waals surface area contributed by atoms with Gasteiger partial charge >= 0.3 is 0 Å². The second-order valence-electron chi connectivity index (χ2n) is 6.37. The van der Waals surface area contributed by atoms with Crippen molar-refractivity contribution in [1.29, 1.82) is 0 Å². The zero-order chi connectivity index (χ0) is 20.2. The molecule has 0 aliphatic rings. The Bertz CT molecular complexity index is 742. The van der Waals surface area contributed by atoms with Crippen LogP contribution in [-0.2, 0) is 9.59 Å². The topological polar surface area (TPSA) is 76.7 Å². The Hall–Kier alpha value is -3.02. The number of unbranched alkanes of at least 4 members (excludes halogenated alkanes) is 2. The predicted molar refractivity (Wildman–Crippen MR) is 110 cm³/mol. The molecule has 2 rings (SSSR count). The summed E-state index contributed by atoms with van der Waals surface area (Å²) >= 11 is 0. The van der Waals surface area contributed by atoms with Crippen LogP contribution in [0.1, 0.15) is 39.5 Å². The van der Waals surface area contributed by atoms with Gasteiger partial charge in [-0.05, 0) is 68.3 Å². The average molecular weight is 384 g/mol. The summed E-state index contributed by atoms with van der Waals surface area (Å²) in [6.07, 6.45) is 3.04. The van der Waals surface area contributed by atoms with E-state index >= 15 is 0 Å². The SMILES string of the molecule is CCOc1ccc(Oc2ccc(NC(=O)CCCCCNC(C)=O)cc2)cc1. The van der Waals surface area contributed by atoms with Crippen molar-refractivity contribution in [3.8, 4) is 17.2 Å². The van der Waals surface area contributed by atoms with Crippen LogP contribution in [0.5, 0.6) is 17.2 Å². The van der Waals surface area contributed by atoms with Gasteiger partial charge in [0.2, 0.25) is 11.8 Å². The van der Waals surface area contributed by atoms with Gasteiger partial charge in [-0.2, -0.15) is 0 Å². The first kappa shape index (κ1) is 21.3. The number of hydrogen-bond donors (Lipinski definition) is 2. The lowest BCUT2D eigenvalue weighted by Crippen LogP contribution is -2.20. The van der Waals surface area contributed by atoms with Crippen molar-refractivity contribution >= 4 is 17.5 Å². The molecule has 2 amide bonds. The minimum absolute atomic E-state index is 0.0142. The normalized spacial score (nSPS) is 10.2. The fourth-order valence-electron chi connectivity index (χ4n) is 2.59. The maximum atomic E-state index is 12.0. The Balaban J connectivity index is 1.71. The Morgan fingerprint density at radius 1 is 0.857 bits per heavy atom. The summed E-state index contributed by atoms with van der Waals surface area (Å²) in [5.74, 6) is 2.19. The van der Waals surface area contributed by atoms with Gasteiger partial charge in [0, 0.05) is 25.6 Å². The molecule has 2 aromatic carbocycles. The fraction of sp³-hybridized carbons (Fsp3) is 0.364. The molecule has 6 nitrogen and oxygen atoms in total. The molecule has 0 fully saturated rings. The van der Waals surface area contributed by atoms with Gasteiger partial charge in [-0.15, -0.1) is 0 Å². The Morgan fingerprint density at radius 2 is 1.46 bits per heavy atom. The third kappa shape index (κ3) is 8.12. The van der Waals surface area contributed by atoms with Crippen LogP contribution in [0.2, 0.25) is 0 Å². The van der Waals surface area contributed by atoms with Crippen LogP contribution in [0.4, 0.5) is 5.69 Å². The molecule has 0 radical (unpaired) electrons. The molecule has 0 aliphatic heterocycles. The lowest BCUT2D eigenvalue weighted by molar-refractivity contribution is -0.119. The monoisotopic (exact) mass is 384 g/mol. The number of rotatable bonds is 11. The van der Waals surface area contributed by atoms with Crippen LogP contribution in [-0.4, -0.2) is 25.0 Å². The number of benzene rings is 2. The van der Waals surface area contributed by atoms with E-state index < -0.39 is 0 Å². The summed E-state index contributed by atoms with van der Waals surface area (Å²) in [6, 6.07) is 14.7. The van der Waals surface area contributed by atoms with Crippen molar-refractivity contribution in [2.75, 3.05) is 18.5 Å². The van der Waals surface area contributed by atoms with Gasteiger partial charge in [0.15, 0.2) is 0 Å². The molecule has 0 heterocycles. The van der Waals surface area contributed by atoms with E-state index in [0.29, 0.717) is 25.3 Å². The molecule has 150 valence electrons. The van der Waals surface area contributed by atoms with Crippen LogP contribution in [0, 0.1) is 0 Å². The number of ether oxygens (including phenoxy) is 2. The summed E-state index contributed by atoms with van der Waals surface area (Å²) in [5, 5.41) is 5.63. The van der Waals surface area contributed by atoms with Crippen molar-refractivity contribution in [2.24, 2.45) is 0 Å². The number of anilines is 1. The third-order valence-corrected chi connectivity index (χ3v) is 3.96. The zero-order valence-corrected chi connectivity index (χ0v) is 16.5. The molecule has 0 aliphatic carbocycles. The van der Waals surface area contributed by atoms with E-state index in [2.05, 4.69) is 10.6 Å². The van der Waals surface area contributed by atoms with Crippen LogP contribution in [0.3, 0.4) is 0 Å². The van der Waals surface area contributed by atoms with Crippen molar-refractivity contribution in [3.63, 3.8) is 0 Å².